The predicted molar refractivity (Wildman–Crippen MR) is 116 cm³/mol. The van der Waals surface area contributed by atoms with Crippen molar-refractivity contribution in [2.75, 3.05) is 30.8 Å². The third-order valence-electron chi connectivity index (χ3n) is 5.82. The number of hydrogen-bond donors (Lipinski definition) is 4. The van der Waals surface area contributed by atoms with Gasteiger partial charge in [0.05, 0.1) is 11.3 Å². The maximum absolute atomic E-state index is 13.7. The number of piperidine rings is 1. The zero-order valence-corrected chi connectivity index (χ0v) is 17.4. The van der Waals surface area contributed by atoms with Gasteiger partial charge in [0.25, 0.3) is 5.91 Å². The van der Waals surface area contributed by atoms with Gasteiger partial charge in [-0.1, -0.05) is 0 Å². The van der Waals surface area contributed by atoms with E-state index in [0.29, 0.717) is 28.2 Å². The number of aryl methyl sites for hydroxylation is 1. The molecule has 3 amide bonds. The van der Waals surface area contributed by atoms with Crippen LogP contribution < -0.4 is 16.0 Å². The number of fused-ring (bicyclic) bond motifs is 1. The van der Waals surface area contributed by atoms with Gasteiger partial charge in [-0.25, -0.2) is 9.18 Å². The average Bonchev–Trinajstić information content (AvgIpc) is 3.14. The number of rotatable bonds is 3. The van der Waals surface area contributed by atoms with Gasteiger partial charge in [-0.05, 0) is 76.7 Å². The van der Waals surface area contributed by atoms with E-state index in [1.54, 1.807) is 12.1 Å². The van der Waals surface area contributed by atoms with Crippen LogP contribution in [0.3, 0.4) is 0 Å². The molecule has 4 rings (SSSR count). The van der Waals surface area contributed by atoms with Gasteiger partial charge in [0.15, 0.2) is 0 Å². The van der Waals surface area contributed by atoms with E-state index >= 15 is 0 Å². The summed E-state index contributed by atoms with van der Waals surface area (Å²) in [5, 5.41) is 8.72. The summed E-state index contributed by atoms with van der Waals surface area (Å²) in [4.78, 5) is 30.3. The zero-order valence-electron chi connectivity index (χ0n) is 17.4. The van der Waals surface area contributed by atoms with E-state index < -0.39 is 5.82 Å². The fourth-order valence-corrected chi connectivity index (χ4v) is 4.04. The number of aromatic amines is 1. The first-order valence-electron chi connectivity index (χ1n) is 10.1. The molecular formula is C22H26FN5O2. The Morgan fingerprint density at radius 2 is 2.00 bits per heavy atom. The quantitative estimate of drug-likeness (QED) is 0.583. The molecule has 0 unspecified atom stereocenters. The molecule has 2 aliphatic rings. The second-order valence-electron chi connectivity index (χ2n) is 8.04. The second kappa shape index (κ2) is 7.95. The van der Waals surface area contributed by atoms with Gasteiger partial charge in [-0.2, -0.15) is 0 Å². The highest BCUT2D eigenvalue weighted by molar-refractivity contribution is 6.34. The highest BCUT2D eigenvalue weighted by atomic mass is 19.1. The number of halogens is 1. The molecule has 7 nitrogen and oxygen atoms in total. The van der Waals surface area contributed by atoms with E-state index in [4.69, 9.17) is 0 Å². The molecule has 0 spiro atoms. The molecule has 0 radical (unpaired) electrons. The molecule has 0 saturated carbocycles. The monoisotopic (exact) mass is 411 g/mol. The summed E-state index contributed by atoms with van der Waals surface area (Å²) >= 11 is 0. The molecule has 1 aromatic carbocycles. The second-order valence-corrected chi connectivity index (χ2v) is 8.04. The highest BCUT2D eigenvalue weighted by Gasteiger charge is 2.26. The summed E-state index contributed by atoms with van der Waals surface area (Å²) in [6.45, 7) is 5.67. The lowest BCUT2D eigenvalue weighted by Crippen LogP contribution is -2.44. The number of amides is 3. The van der Waals surface area contributed by atoms with Crippen LogP contribution in [0.25, 0.3) is 11.6 Å². The fraction of sp³-hybridized carbons (Fsp3) is 0.364. The topological polar surface area (TPSA) is 89.3 Å². The molecule has 8 heteroatoms. The molecule has 1 aromatic heterocycles. The molecule has 30 heavy (non-hydrogen) atoms. The van der Waals surface area contributed by atoms with Crippen LogP contribution in [0.1, 0.15) is 35.4 Å². The van der Waals surface area contributed by atoms with Crippen LogP contribution in [0.5, 0.6) is 0 Å². The molecule has 158 valence electrons. The van der Waals surface area contributed by atoms with E-state index in [0.717, 1.165) is 37.2 Å². The minimum atomic E-state index is -0.400. The van der Waals surface area contributed by atoms with Crippen LogP contribution >= 0.6 is 0 Å². The third kappa shape index (κ3) is 3.95. The van der Waals surface area contributed by atoms with Crippen molar-refractivity contribution in [1.82, 2.24) is 15.2 Å². The van der Waals surface area contributed by atoms with Gasteiger partial charge in [0.2, 0.25) is 0 Å². The van der Waals surface area contributed by atoms with Gasteiger partial charge in [0.1, 0.15) is 5.82 Å². The molecular weight excluding hydrogens is 385 g/mol. The molecule has 0 aliphatic carbocycles. The van der Waals surface area contributed by atoms with Gasteiger partial charge in [-0.15, -0.1) is 0 Å². The van der Waals surface area contributed by atoms with E-state index in [1.165, 1.54) is 12.1 Å². The number of nitrogens with one attached hydrogen (secondary N) is 4. The molecule has 2 aromatic rings. The Kier molecular flexibility index (Phi) is 5.34. The van der Waals surface area contributed by atoms with Crippen molar-refractivity contribution in [3.05, 3.63) is 46.5 Å². The van der Waals surface area contributed by atoms with Gasteiger partial charge < -0.3 is 25.8 Å². The molecule has 1 saturated heterocycles. The minimum absolute atomic E-state index is 0.163. The van der Waals surface area contributed by atoms with Gasteiger partial charge in [0, 0.05) is 28.7 Å². The number of carbonyl (C=O) groups excluding carboxylic acids is 2. The molecule has 1 fully saturated rings. The normalized spacial score (nSPS) is 18.4. The molecule has 3 heterocycles. The number of hydrogen-bond acceptors (Lipinski definition) is 3. The average molecular weight is 411 g/mol. The Morgan fingerprint density at radius 3 is 2.73 bits per heavy atom. The lowest BCUT2D eigenvalue weighted by atomic mass is 10.0. The largest absolute Gasteiger partial charge is 0.357 e. The van der Waals surface area contributed by atoms with E-state index in [-0.39, 0.29) is 18.0 Å². The molecule has 0 bridgehead atoms. The van der Waals surface area contributed by atoms with Crippen molar-refractivity contribution >= 4 is 35.0 Å². The Labute approximate surface area is 174 Å². The molecule has 0 atom stereocenters. The van der Waals surface area contributed by atoms with Crippen molar-refractivity contribution in [1.29, 1.82) is 0 Å². The summed E-state index contributed by atoms with van der Waals surface area (Å²) in [6.07, 6.45) is 3.55. The number of carbonyl (C=O) groups is 2. The lowest BCUT2D eigenvalue weighted by molar-refractivity contribution is -0.110. The summed E-state index contributed by atoms with van der Waals surface area (Å²) in [7, 11) is 2.08. The number of anilines is 2. The number of likely N-dealkylation sites (tertiary alicyclic amines) is 1. The Balaban J connectivity index is 1.53. The van der Waals surface area contributed by atoms with E-state index in [9.17, 15) is 14.0 Å². The van der Waals surface area contributed by atoms with Crippen molar-refractivity contribution in [3.8, 4) is 0 Å². The van der Waals surface area contributed by atoms with Crippen molar-refractivity contribution in [3.63, 3.8) is 0 Å². The number of urea groups is 1. The third-order valence-corrected chi connectivity index (χ3v) is 5.82. The van der Waals surface area contributed by atoms with Crippen LogP contribution in [-0.4, -0.2) is 48.0 Å². The Hall–Kier alpha value is -3.13. The van der Waals surface area contributed by atoms with E-state index in [1.807, 2.05) is 13.8 Å². The summed E-state index contributed by atoms with van der Waals surface area (Å²) < 4.78 is 13.7. The lowest BCUT2D eigenvalue weighted by Gasteiger charge is -2.29. The van der Waals surface area contributed by atoms with E-state index in [2.05, 4.69) is 32.9 Å². The van der Waals surface area contributed by atoms with Crippen molar-refractivity contribution < 1.29 is 14.0 Å². The van der Waals surface area contributed by atoms with Crippen LogP contribution in [0.2, 0.25) is 0 Å². The Bertz CT molecular complexity index is 1030. The van der Waals surface area contributed by atoms with Gasteiger partial charge in [-0.3, -0.25) is 4.79 Å². The van der Waals surface area contributed by atoms with Crippen LogP contribution in [-0.2, 0) is 4.79 Å². The number of benzene rings is 1. The predicted octanol–water partition coefficient (Wildman–Crippen LogP) is 3.48. The highest BCUT2D eigenvalue weighted by Crippen LogP contribution is 2.35. The number of aromatic nitrogens is 1. The van der Waals surface area contributed by atoms with Crippen LogP contribution in [0, 0.1) is 19.7 Å². The maximum atomic E-state index is 13.7. The summed E-state index contributed by atoms with van der Waals surface area (Å²) in [5.41, 5.74) is 4.49. The van der Waals surface area contributed by atoms with Crippen molar-refractivity contribution in [2.24, 2.45) is 0 Å². The standard InChI is InChI=1S/C22H26FN5O2/c1-12-19(11-17-16-10-14(23)4-5-18(16)26-21(17)29)24-13(2)20(12)27-22(30)25-15-6-8-28(3)9-7-15/h4-5,10-11,15,24H,6-9H2,1-3H3,(H,26,29)(H2,25,27,30)/b17-11-. The van der Waals surface area contributed by atoms with Crippen LogP contribution in [0.4, 0.5) is 20.6 Å². The minimum Gasteiger partial charge on any atom is -0.357 e. The van der Waals surface area contributed by atoms with Crippen LogP contribution in [0.15, 0.2) is 18.2 Å². The zero-order chi connectivity index (χ0) is 21.4. The van der Waals surface area contributed by atoms with Gasteiger partial charge >= 0.3 is 6.03 Å². The number of H-pyrrole nitrogens is 1. The maximum Gasteiger partial charge on any atom is 0.319 e. The Morgan fingerprint density at radius 1 is 1.27 bits per heavy atom. The summed E-state index contributed by atoms with van der Waals surface area (Å²) in [6, 6.07) is 4.14. The smallest absolute Gasteiger partial charge is 0.319 e. The first-order valence-corrected chi connectivity index (χ1v) is 10.1. The molecule has 2 aliphatic heterocycles. The SMILES string of the molecule is Cc1[nH]c(/C=C2\C(=O)Nc3ccc(F)cc32)c(C)c1NC(=O)NC1CCN(C)CC1. The number of nitrogens with zero attached hydrogens (tertiary/aromatic N) is 1. The first kappa shape index (κ1) is 20.2. The molecule has 4 N–H and O–H groups in total. The first-order chi connectivity index (χ1) is 14.3. The van der Waals surface area contributed by atoms with Crippen molar-refractivity contribution in [2.45, 2.75) is 32.7 Å². The fourth-order valence-electron chi connectivity index (χ4n) is 4.04. The summed E-state index contributed by atoms with van der Waals surface area (Å²) in [5.74, 6) is -0.680.